The molecule has 0 unspecified atom stereocenters. The van der Waals surface area contributed by atoms with Crippen LogP contribution in [0, 0.1) is 10.1 Å². The van der Waals surface area contributed by atoms with Gasteiger partial charge in [-0.05, 0) is 41.8 Å². The molecule has 132 valence electrons. The van der Waals surface area contributed by atoms with Crippen LogP contribution in [-0.4, -0.2) is 27.5 Å². The lowest BCUT2D eigenvalue weighted by molar-refractivity contribution is -0.384. The van der Waals surface area contributed by atoms with Gasteiger partial charge in [-0.25, -0.2) is 0 Å². The monoisotopic (exact) mass is 368 g/mol. The summed E-state index contributed by atoms with van der Waals surface area (Å²) < 4.78 is 0. The Morgan fingerprint density at radius 1 is 1.08 bits per heavy atom. The minimum atomic E-state index is -0.493. The number of imide groups is 1. The van der Waals surface area contributed by atoms with E-state index in [1.165, 1.54) is 23.1 Å². The Bertz CT molecular complexity index is 880. The van der Waals surface area contributed by atoms with Crippen LogP contribution in [0.5, 0.6) is 0 Å². The average molecular weight is 368 g/mol. The molecule has 6 nitrogen and oxygen atoms in total. The Morgan fingerprint density at radius 3 is 2.58 bits per heavy atom. The topological polar surface area (TPSA) is 80.5 Å². The molecular formula is C19H16N2O4S. The summed E-state index contributed by atoms with van der Waals surface area (Å²) in [6, 6.07) is 15.8. The summed E-state index contributed by atoms with van der Waals surface area (Å²) >= 11 is 0.866. The van der Waals surface area contributed by atoms with Crippen LogP contribution in [0.2, 0.25) is 0 Å². The second-order valence-electron chi connectivity index (χ2n) is 5.77. The number of carbonyl (C=O) groups is 2. The molecule has 1 aliphatic rings. The minimum Gasteiger partial charge on any atom is -0.268 e. The van der Waals surface area contributed by atoms with Crippen molar-refractivity contribution < 1.29 is 14.5 Å². The highest BCUT2D eigenvalue weighted by Gasteiger charge is 2.34. The van der Waals surface area contributed by atoms with Crippen LogP contribution in [-0.2, 0) is 11.2 Å². The standard InChI is InChI=1S/C19H16N2O4S/c22-18-17(13-15-8-4-10-16(12-15)21(24)25)26-19(23)20(18)11-5-9-14-6-2-1-3-7-14/h1-4,6-8,10,12-13H,5,9,11H2. The van der Waals surface area contributed by atoms with E-state index >= 15 is 0 Å². The zero-order valence-electron chi connectivity index (χ0n) is 13.8. The number of amides is 2. The number of nitro groups is 1. The first-order valence-electron chi connectivity index (χ1n) is 8.08. The van der Waals surface area contributed by atoms with E-state index in [1.54, 1.807) is 12.1 Å². The molecule has 0 radical (unpaired) electrons. The summed E-state index contributed by atoms with van der Waals surface area (Å²) in [6.45, 7) is 0.353. The third kappa shape index (κ3) is 4.18. The van der Waals surface area contributed by atoms with Crippen LogP contribution < -0.4 is 0 Å². The van der Waals surface area contributed by atoms with Gasteiger partial charge >= 0.3 is 0 Å². The van der Waals surface area contributed by atoms with Gasteiger partial charge < -0.3 is 0 Å². The SMILES string of the molecule is O=C1SC(=Cc2cccc([N+](=O)[O-])c2)C(=O)N1CCCc1ccccc1. The van der Waals surface area contributed by atoms with Crippen LogP contribution in [0.25, 0.3) is 6.08 Å². The van der Waals surface area contributed by atoms with Crippen molar-refractivity contribution in [2.75, 3.05) is 6.54 Å². The fourth-order valence-electron chi connectivity index (χ4n) is 2.66. The number of thioether (sulfide) groups is 1. The predicted octanol–water partition coefficient (Wildman–Crippen LogP) is 4.26. The lowest BCUT2D eigenvalue weighted by atomic mass is 10.1. The van der Waals surface area contributed by atoms with Gasteiger partial charge in [0.1, 0.15) is 0 Å². The summed E-state index contributed by atoms with van der Waals surface area (Å²) in [6.07, 6.45) is 2.99. The summed E-state index contributed by atoms with van der Waals surface area (Å²) in [5.41, 5.74) is 1.63. The van der Waals surface area contributed by atoms with Gasteiger partial charge in [-0.1, -0.05) is 42.5 Å². The van der Waals surface area contributed by atoms with E-state index in [1.807, 2.05) is 30.3 Å². The van der Waals surface area contributed by atoms with Gasteiger partial charge in [-0.2, -0.15) is 0 Å². The molecule has 0 N–H and O–H groups in total. The maximum atomic E-state index is 12.5. The number of aryl methyl sites for hydroxylation is 1. The highest BCUT2D eigenvalue weighted by molar-refractivity contribution is 8.18. The van der Waals surface area contributed by atoms with Crippen molar-refractivity contribution in [1.29, 1.82) is 0 Å². The van der Waals surface area contributed by atoms with Crippen molar-refractivity contribution in [2.45, 2.75) is 12.8 Å². The van der Waals surface area contributed by atoms with Gasteiger partial charge in [0.2, 0.25) is 0 Å². The Balaban J connectivity index is 1.66. The summed E-state index contributed by atoms with van der Waals surface area (Å²) in [4.78, 5) is 36.5. The van der Waals surface area contributed by atoms with E-state index in [0.717, 1.165) is 23.7 Å². The van der Waals surface area contributed by atoms with E-state index < -0.39 is 4.92 Å². The van der Waals surface area contributed by atoms with E-state index in [9.17, 15) is 19.7 Å². The summed E-state index contributed by atoms with van der Waals surface area (Å²) in [5.74, 6) is -0.348. The van der Waals surface area contributed by atoms with Crippen molar-refractivity contribution in [2.24, 2.45) is 0 Å². The third-order valence-corrected chi connectivity index (χ3v) is 4.85. The molecule has 2 aromatic rings. The van der Waals surface area contributed by atoms with Crippen LogP contribution in [0.4, 0.5) is 10.5 Å². The number of carbonyl (C=O) groups excluding carboxylic acids is 2. The molecule has 1 fully saturated rings. The molecule has 3 rings (SSSR count). The number of nitrogens with zero attached hydrogens (tertiary/aromatic N) is 2. The van der Waals surface area contributed by atoms with Crippen molar-refractivity contribution in [3.8, 4) is 0 Å². The molecule has 2 aromatic carbocycles. The third-order valence-electron chi connectivity index (χ3n) is 3.94. The molecule has 7 heteroatoms. The second-order valence-corrected chi connectivity index (χ2v) is 6.77. The van der Waals surface area contributed by atoms with Gasteiger partial charge in [0.05, 0.1) is 9.83 Å². The molecule has 1 saturated heterocycles. The largest absolute Gasteiger partial charge is 0.293 e. The van der Waals surface area contributed by atoms with Crippen LogP contribution in [0.15, 0.2) is 59.5 Å². The fraction of sp³-hybridized carbons (Fsp3) is 0.158. The maximum absolute atomic E-state index is 12.5. The van der Waals surface area contributed by atoms with Crippen molar-refractivity contribution in [1.82, 2.24) is 4.90 Å². The Hall–Kier alpha value is -2.93. The first kappa shape index (κ1) is 17.9. The molecule has 0 atom stereocenters. The highest BCUT2D eigenvalue weighted by Crippen LogP contribution is 2.32. The van der Waals surface area contributed by atoms with Crippen LogP contribution in [0.1, 0.15) is 17.5 Å². The van der Waals surface area contributed by atoms with Crippen molar-refractivity contribution in [3.63, 3.8) is 0 Å². The normalized spacial score (nSPS) is 15.7. The molecule has 0 spiro atoms. The number of nitro benzene ring substituents is 1. The molecule has 0 aliphatic carbocycles. The Labute approximate surface area is 154 Å². The molecule has 0 aromatic heterocycles. The predicted molar refractivity (Wildman–Crippen MR) is 101 cm³/mol. The van der Waals surface area contributed by atoms with Crippen molar-refractivity contribution >= 4 is 34.7 Å². The number of non-ortho nitro benzene ring substituents is 1. The number of hydrogen-bond acceptors (Lipinski definition) is 5. The number of rotatable bonds is 6. The number of benzene rings is 2. The molecule has 1 aliphatic heterocycles. The van der Waals surface area contributed by atoms with Gasteiger partial charge in [0.25, 0.3) is 16.8 Å². The lowest BCUT2D eigenvalue weighted by Crippen LogP contribution is -2.29. The summed E-state index contributed by atoms with van der Waals surface area (Å²) in [7, 11) is 0. The molecule has 1 heterocycles. The first-order chi connectivity index (χ1) is 12.5. The molecule has 0 saturated carbocycles. The maximum Gasteiger partial charge on any atom is 0.293 e. The Morgan fingerprint density at radius 2 is 1.85 bits per heavy atom. The van der Waals surface area contributed by atoms with Crippen LogP contribution in [0.3, 0.4) is 0 Å². The highest BCUT2D eigenvalue weighted by atomic mass is 32.2. The van der Waals surface area contributed by atoms with Crippen LogP contribution >= 0.6 is 11.8 Å². The van der Waals surface area contributed by atoms with E-state index in [2.05, 4.69) is 0 Å². The van der Waals surface area contributed by atoms with E-state index in [0.29, 0.717) is 18.5 Å². The smallest absolute Gasteiger partial charge is 0.268 e. The molecule has 0 bridgehead atoms. The number of hydrogen-bond donors (Lipinski definition) is 0. The molecular weight excluding hydrogens is 352 g/mol. The first-order valence-corrected chi connectivity index (χ1v) is 8.90. The molecule has 2 amide bonds. The zero-order chi connectivity index (χ0) is 18.5. The lowest BCUT2D eigenvalue weighted by Gasteiger charge is -2.12. The minimum absolute atomic E-state index is 0.0548. The van der Waals surface area contributed by atoms with Gasteiger partial charge in [-0.3, -0.25) is 24.6 Å². The van der Waals surface area contributed by atoms with E-state index in [4.69, 9.17) is 0 Å². The molecule has 26 heavy (non-hydrogen) atoms. The Kier molecular flexibility index (Phi) is 5.48. The fourth-order valence-corrected chi connectivity index (χ4v) is 3.52. The quantitative estimate of drug-likeness (QED) is 0.432. The van der Waals surface area contributed by atoms with E-state index in [-0.39, 0.29) is 21.7 Å². The average Bonchev–Trinajstić information content (AvgIpc) is 2.90. The van der Waals surface area contributed by atoms with Gasteiger partial charge in [-0.15, -0.1) is 0 Å². The second kappa shape index (κ2) is 7.97. The zero-order valence-corrected chi connectivity index (χ0v) is 14.6. The van der Waals surface area contributed by atoms with Gasteiger partial charge in [0, 0.05) is 18.7 Å². The van der Waals surface area contributed by atoms with Crippen molar-refractivity contribution in [3.05, 3.63) is 80.7 Å². The van der Waals surface area contributed by atoms with Gasteiger partial charge in [0.15, 0.2) is 0 Å². The summed E-state index contributed by atoms with van der Waals surface area (Å²) in [5, 5.41) is 10.5.